The second-order valence-corrected chi connectivity index (χ2v) is 8.47. The van der Waals surface area contributed by atoms with Crippen LogP contribution in [0.5, 0.6) is 11.5 Å². The molecular formula is C27H30N4O5. The summed E-state index contributed by atoms with van der Waals surface area (Å²) in [6, 6.07) is 12.3. The molecule has 1 N–H and O–H groups in total. The number of aromatic amines is 1. The quantitative estimate of drug-likeness (QED) is 0.486. The van der Waals surface area contributed by atoms with Gasteiger partial charge in [0.15, 0.2) is 0 Å². The van der Waals surface area contributed by atoms with Gasteiger partial charge in [0.25, 0.3) is 17.4 Å². The summed E-state index contributed by atoms with van der Waals surface area (Å²) in [5.74, 6) is -0.00417. The van der Waals surface area contributed by atoms with Crippen molar-refractivity contribution in [2.24, 2.45) is 0 Å². The number of nitrogens with zero attached hydrogens (tertiary/aromatic N) is 3. The normalized spacial score (nSPS) is 13.6. The van der Waals surface area contributed by atoms with Crippen LogP contribution in [-0.4, -0.2) is 53.8 Å². The number of likely N-dealkylation sites (N-methyl/N-ethyl adjacent to an activating group) is 1. The lowest BCUT2D eigenvalue weighted by molar-refractivity contribution is -0.120. The molecule has 0 saturated heterocycles. The number of hydrogen-bond acceptors (Lipinski definition) is 6. The third kappa shape index (κ3) is 3.96. The monoisotopic (exact) mass is 490 g/mol. The number of amides is 2. The van der Waals surface area contributed by atoms with Crippen LogP contribution in [0.2, 0.25) is 0 Å². The molecule has 4 rings (SSSR count). The van der Waals surface area contributed by atoms with Crippen LogP contribution in [0.4, 0.5) is 5.69 Å². The van der Waals surface area contributed by atoms with Crippen LogP contribution in [0.15, 0.2) is 53.0 Å². The minimum Gasteiger partial charge on any atom is -0.497 e. The summed E-state index contributed by atoms with van der Waals surface area (Å²) in [6.45, 7) is 8.38. The van der Waals surface area contributed by atoms with Gasteiger partial charge in [0.2, 0.25) is 0 Å². The number of H-pyrrole nitrogens is 1. The van der Waals surface area contributed by atoms with E-state index in [-0.39, 0.29) is 16.8 Å². The fourth-order valence-corrected chi connectivity index (χ4v) is 4.52. The first kappa shape index (κ1) is 24.8. The van der Waals surface area contributed by atoms with Gasteiger partial charge in [-0.3, -0.25) is 19.5 Å². The Morgan fingerprint density at radius 3 is 2.14 bits per heavy atom. The summed E-state index contributed by atoms with van der Waals surface area (Å²) in [6.07, 6.45) is 0. The largest absolute Gasteiger partial charge is 0.497 e. The number of hydrogen-bond donors (Lipinski definition) is 1. The van der Waals surface area contributed by atoms with E-state index >= 15 is 0 Å². The lowest BCUT2D eigenvalue weighted by Crippen LogP contribution is -2.35. The van der Waals surface area contributed by atoms with Crippen molar-refractivity contribution in [3.63, 3.8) is 0 Å². The van der Waals surface area contributed by atoms with Crippen molar-refractivity contribution in [2.75, 3.05) is 32.2 Å². The SMILES string of the molecule is CCN(CC)C1=C(c2c(C)[nH]n(-c3ccc(OC)cc3)c2=O)C(=O)N(c2cc(C)ccc2OC)C1=O. The second-order valence-electron chi connectivity index (χ2n) is 8.47. The molecule has 2 heterocycles. The average molecular weight is 491 g/mol. The Hall–Kier alpha value is -4.27. The summed E-state index contributed by atoms with van der Waals surface area (Å²) in [5.41, 5.74) is 2.30. The lowest BCUT2D eigenvalue weighted by atomic mass is 10.0. The minimum absolute atomic E-state index is 0.0817. The number of benzene rings is 2. The zero-order valence-electron chi connectivity index (χ0n) is 21.3. The van der Waals surface area contributed by atoms with E-state index in [0.29, 0.717) is 41.7 Å². The Balaban J connectivity index is 1.93. The molecule has 3 aromatic rings. The highest BCUT2D eigenvalue weighted by Gasteiger charge is 2.45. The molecular weight excluding hydrogens is 460 g/mol. The Bertz CT molecular complexity index is 1410. The fourth-order valence-electron chi connectivity index (χ4n) is 4.52. The molecule has 0 radical (unpaired) electrons. The fraction of sp³-hybridized carbons (Fsp3) is 0.296. The number of anilines is 1. The highest BCUT2D eigenvalue weighted by molar-refractivity contribution is 6.45. The Morgan fingerprint density at radius 1 is 0.889 bits per heavy atom. The van der Waals surface area contributed by atoms with Gasteiger partial charge in [-0.1, -0.05) is 6.07 Å². The molecule has 1 aromatic heterocycles. The molecule has 9 nitrogen and oxygen atoms in total. The number of ether oxygens (including phenoxy) is 2. The second kappa shape index (κ2) is 9.77. The van der Waals surface area contributed by atoms with Crippen molar-refractivity contribution in [3.8, 4) is 17.2 Å². The van der Waals surface area contributed by atoms with Crippen molar-refractivity contribution < 1.29 is 19.1 Å². The van der Waals surface area contributed by atoms with Crippen molar-refractivity contribution in [1.82, 2.24) is 14.7 Å². The van der Waals surface area contributed by atoms with Crippen LogP contribution in [0.25, 0.3) is 11.3 Å². The molecule has 0 bridgehead atoms. The van der Waals surface area contributed by atoms with Gasteiger partial charge in [-0.15, -0.1) is 0 Å². The zero-order valence-corrected chi connectivity index (χ0v) is 21.3. The Kier molecular flexibility index (Phi) is 6.74. The molecule has 0 aliphatic carbocycles. The van der Waals surface area contributed by atoms with E-state index in [1.807, 2.05) is 26.8 Å². The molecule has 2 amide bonds. The molecule has 0 saturated carbocycles. The van der Waals surface area contributed by atoms with Gasteiger partial charge in [-0.25, -0.2) is 9.58 Å². The Labute approximate surface area is 209 Å². The molecule has 0 atom stereocenters. The summed E-state index contributed by atoms with van der Waals surface area (Å²) in [4.78, 5) is 44.4. The lowest BCUT2D eigenvalue weighted by Gasteiger charge is -2.23. The van der Waals surface area contributed by atoms with E-state index in [4.69, 9.17) is 9.47 Å². The van der Waals surface area contributed by atoms with Crippen molar-refractivity contribution in [1.29, 1.82) is 0 Å². The first-order chi connectivity index (χ1) is 17.3. The third-order valence-corrected chi connectivity index (χ3v) is 6.37. The highest BCUT2D eigenvalue weighted by Crippen LogP contribution is 2.39. The smallest absolute Gasteiger partial charge is 0.282 e. The standard InChI is InChI=1S/C27H30N4O5/c1-7-29(8-2)24-23(25(32)30(27(24)34)20-15-16(3)9-14-21(20)36-6)22-17(4)28-31(26(22)33)18-10-12-19(35-5)13-11-18/h9-15,28H,7-8H2,1-6H3. The number of aromatic nitrogens is 2. The van der Waals surface area contributed by atoms with Crippen LogP contribution in [-0.2, 0) is 9.59 Å². The van der Waals surface area contributed by atoms with Crippen LogP contribution in [0.3, 0.4) is 0 Å². The van der Waals surface area contributed by atoms with E-state index in [9.17, 15) is 14.4 Å². The van der Waals surface area contributed by atoms with Crippen LogP contribution >= 0.6 is 0 Å². The number of nitrogens with one attached hydrogen (secondary N) is 1. The number of carbonyl (C=O) groups is 2. The van der Waals surface area contributed by atoms with E-state index in [1.165, 1.54) is 11.8 Å². The maximum Gasteiger partial charge on any atom is 0.282 e. The molecule has 9 heteroatoms. The summed E-state index contributed by atoms with van der Waals surface area (Å²) < 4.78 is 12.0. The molecule has 2 aromatic carbocycles. The van der Waals surface area contributed by atoms with Gasteiger partial charge in [-0.05, 0) is 69.7 Å². The number of carbonyl (C=O) groups excluding carboxylic acids is 2. The molecule has 0 fully saturated rings. The predicted octanol–water partition coefficient (Wildman–Crippen LogP) is 3.43. The summed E-state index contributed by atoms with van der Waals surface area (Å²) in [5, 5.41) is 3.06. The maximum atomic E-state index is 14.0. The molecule has 1 aliphatic heterocycles. The third-order valence-electron chi connectivity index (χ3n) is 6.37. The number of rotatable bonds is 8. The first-order valence-corrected chi connectivity index (χ1v) is 11.8. The molecule has 36 heavy (non-hydrogen) atoms. The minimum atomic E-state index is -0.563. The topological polar surface area (TPSA) is 96.9 Å². The van der Waals surface area contributed by atoms with Crippen LogP contribution in [0.1, 0.15) is 30.7 Å². The number of aryl methyl sites for hydroxylation is 2. The molecule has 0 spiro atoms. The van der Waals surface area contributed by atoms with E-state index in [1.54, 1.807) is 55.3 Å². The van der Waals surface area contributed by atoms with Gasteiger partial charge in [0.1, 0.15) is 17.2 Å². The summed E-state index contributed by atoms with van der Waals surface area (Å²) >= 11 is 0. The maximum absolute atomic E-state index is 14.0. The predicted molar refractivity (Wildman–Crippen MR) is 138 cm³/mol. The highest BCUT2D eigenvalue weighted by atomic mass is 16.5. The molecule has 1 aliphatic rings. The van der Waals surface area contributed by atoms with Crippen LogP contribution < -0.4 is 19.9 Å². The van der Waals surface area contributed by atoms with Gasteiger partial charge in [-0.2, -0.15) is 0 Å². The van der Waals surface area contributed by atoms with Gasteiger partial charge < -0.3 is 14.4 Å². The van der Waals surface area contributed by atoms with Crippen LogP contribution in [0, 0.1) is 13.8 Å². The van der Waals surface area contributed by atoms with Gasteiger partial charge >= 0.3 is 0 Å². The van der Waals surface area contributed by atoms with Crippen molar-refractivity contribution in [3.05, 3.63) is 75.3 Å². The zero-order chi connectivity index (χ0) is 26.1. The van der Waals surface area contributed by atoms with Gasteiger partial charge in [0, 0.05) is 18.8 Å². The van der Waals surface area contributed by atoms with Gasteiger partial charge in [0.05, 0.1) is 36.7 Å². The average Bonchev–Trinajstić information content (AvgIpc) is 3.30. The van der Waals surface area contributed by atoms with E-state index in [2.05, 4.69) is 5.10 Å². The van der Waals surface area contributed by atoms with E-state index in [0.717, 1.165) is 10.5 Å². The number of imide groups is 1. The summed E-state index contributed by atoms with van der Waals surface area (Å²) in [7, 11) is 3.06. The van der Waals surface area contributed by atoms with Crippen molar-refractivity contribution >= 4 is 23.1 Å². The van der Waals surface area contributed by atoms with Crippen molar-refractivity contribution in [2.45, 2.75) is 27.7 Å². The molecule has 188 valence electrons. The van der Waals surface area contributed by atoms with E-state index < -0.39 is 17.4 Å². The number of methoxy groups -OCH3 is 2. The first-order valence-electron chi connectivity index (χ1n) is 11.8. The Morgan fingerprint density at radius 2 is 1.56 bits per heavy atom. The molecule has 0 unspecified atom stereocenters.